The molecule has 0 radical (unpaired) electrons. The number of esters is 1. The second kappa shape index (κ2) is 7.79. The number of hydrogen-bond acceptors (Lipinski definition) is 5. The summed E-state index contributed by atoms with van der Waals surface area (Å²) in [5.74, 6) is 1.02. The number of rotatable bonds is 6. The van der Waals surface area contributed by atoms with Gasteiger partial charge in [-0.2, -0.15) is 0 Å². The van der Waals surface area contributed by atoms with Crippen LogP contribution in [0.2, 0.25) is 0 Å². The zero-order valence-corrected chi connectivity index (χ0v) is 14.0. The first-order valence-electron chi connectivity index (χ1n) is 7.57. The summed E-state index contributed by atoms with van der Waals surface area (Å²) in [5.41, 5.74) is 2.76. The quantitative estimate of drug-likeness (QED) is 0.421. The second-order valence-electron chi connectivity index (χ2n) is 5.18. The van der Waals surface area contributed by atoms with Gasteiger partial charge in [-0.15, -0.1) is 5.10 Å². The molecule has 3 rings (SSSR count). The van der Waals surface area contributed by atoms with E-state index >= 15 is 0 Å². The van der Waals surface area contributed by atoms with Crippen LogP contribution >= 0.6 is 11.8 Å². The standard InChI is InChI=1S/C18H17N3O2S/c1-13-7-9-14(10-8-13)16-19-18(21-20-16)24-12-11-23-17(22)15-5-3-2-4-6-15/h2-10H,11-12H2,1H3,(H,19,20,21). The highest BCUT2D eigenvalue weighted by Gasteiger charge is 2.08. The number of benzene rings is 2. The van der Waals surface area contributed by atoms with E-state index in [2.05, 4.69) is 15.2 Å². The summed E-state index contributed by atoms with van der Waals surface area (Å²) in [7, 11) is 0. The smallest absolute Gasteiger partial charge is 0.338 e. The largest absolute Gasteiger partial charge is 0.461 e. The maximum Gasteiger partial charge on any atom is 0.338 e. The molecule has 0 amide bonds. The third kappa shape index (κ3) is 4.23. The predicted molar refractivity (Wildman–Crippen MR) is 94.0 cm³/mol. The van der Waals surface area contributed by atoms with Crippen molar-refractivity contribution in [3.8, 4) is 11.4 Å². The van der Waals surface area contributed by atoms with Gasteiger partial charge in [0, 0.05) is 11.3 Å². The molecule has 24 heavy (non-hydrogen) atoms. The van der Waals surface area contributed by atoms with E-state index in [1.807, 2.05) is 49.4 Å². The van der Waals surface area contributed by atoms with Crippen molar-refractivity contribution in [3.05, 3.63) is 65.7 Å². The van der Waals surface area contributed by atoms with Crippen molar-refractivity contribution < 1.29 is 9.53 Å². The Morgan fingerprint density at radius 2 is 1.88 bits per heavy atom. The fraction of sp³-hybridized carbons (Fsp3) is 0.167. The number of hydrogen-bond donors (Lipinski definition) is 1. The van der Waals surface area contributed by atoms with E-state index in [0.717, 1.165) is 11.4 Å². The highest BCUT2D eigenvalue weighted by atomic mass is 32.2. The molecular formula is C18H17N3O2S. The molecule has 0 atom stereocenters. The molecule has 6 heteroatoms. The van der Waals surface area contributed by atoms with Gasteiger partial charge in [-0.1, -0.05) is 59.8 Å². The van der Waals surface area contributed by atoms with Crippen molar-refractivity contribution >= 4 is 17.7 Å². The van der Waals surface area contributed by atoms with Gasteiger partial charge in [-0.05, 0) is 19.1 Å². The number of H-pyrrole nitrogens is 1. The molecule has 122 valence electrons. The Kier molecular flexibility index (Phi) is 5.28. The van der Waals surface area contributed by atoms with Gasteiger partial charge in [0.25, 0.3) is 0 Å². The molecule has 0 saturated heterocycles. The van der Waals surface area contributed by atoms with E-state index in [9.17, 15) is 4.79 Å². The van der Waals surface area contributed by atoms with Crippen molar-refractivity contribution in [1.82, 2.24) is 15.2 Å². The highest BCUT2D eigenvalue weighted by Crippen LogP contribution is 2.19. The van der Waals surface area contributed by atoms with E-state index in [4.69, 9.17) is 4.74 Å². The minimum Gasteiger partial charge on any atom is -0.461 e. The number of carbonyl (C=O) groups excluding carboxylic acids is 1. The number of ether oxygens (including phenoxy) is 1. The SMILES string of the molecule is Cc1ccc(-c2nc(SCCOC(=O)c3ccccc3)n[nH]2)cc1. The Balaban J connectivity index is 1.47. The van der Waals surface area contributed by atoms with Crippen molar-refractivity contribution in [2.45, 2.75) is 12.1 Å². The molecule has 1 heterocycles. The minimum atomic E-state index is -0.313. The third-order valence-electron chi connectivity index (χ3n) is 3.35. The van der Waals surface area contributed by atoms with Crippen molar-refractivity contribution in [2.75, 3.05) is 12.4 Å². The molecular weight excluding hydrogens is 322 g/mol. The average molecular weight is 339 g/mol. The normalized spacial score (nSPS) is 10.5. The second-order valence-corrected chi connectivity index (χ2v) is 6.25. The van der Waals surface area contributed by atoms with E-state index in [1.165, 1.54) is 17.3 Å². The monoisotopic (exact) mass is 339 g/mol. The number of thioether (sulfide) groups is 1. The number of carbonyl (C=O) groups is 1. The van der Waals surface area contributed by atoms with Crippen LogP contribution in [0.15, 0.2) is 59.8 Å². The van der Waals surface area contributed by atoms with Gasteiger partial charge in [0.05, 0.1) is 5.56 Å². The van der Waals surface area contributed by atoms with Crippen LogP contribution in [0.4, 0.5) is 0 Å². The van der Waals surface area contributed by atoms with E-state index in [0.29, 0.717) is 23.1 Å². The Morgan fingerprint density at radius 3 is 2.62 bits per heavy atom. The number of aromatic amines is 1. The average Bonchev–Trinajstić information content (AvgIpc) is 3.09. The zero-order chi connectivity index (χ0) is 16.8. The summed E-state index contributed by atoms with van der Waals surface area (Å²) in [5, 5.41) is 7.74. The van der Waals surface area contributed by atoms with Gasteiger partial charge in [-0.25, -0.2) is 9.78 Å². The highest BCUT2D eigenvalue weighted by molar-refractivity contribution is 7.99. The van der Waals surface area contributed by atoms with Crippen LogP contribution in [0.5, 0.6) is 0 Å². The molecule has 0 aliphatic heterocycles. The van der Waals surface area contributed by atoms with Crippen LogP contribution in [0, 0.1) is 6.92 Å². The maximum atomic E-state index is 11.8. The van der Waals surface area contributed by atoms with Crippen LogP contribution in [-0.2, 0) is 4.74 Å². The lowest BCUT2D eigenvalue weighted by atomic mass is 10.1. The van der Waals surface area contributed by atoms with Gasteiger partial charge in [0.15, 0.2) is 5.82 Å². The molecule has 0 aliphatic rings. The van der Waals surface area contributed by atoms with E-state index < -0.39 is 0 Å². The topological polar surface area (TPSA) is 67.9 Å². The first kappa shape index (κ1) is 16.3. The molecule has 0 bridgehead atoms. The molecule has 5 nitrogen and oxygen atoms in total. The van der Waals surface area contributed by atoms with E-state index in [1.54, 1.807) is 12.1 Å². The lowest BCUT2D eigenvalue weighted by Gasteiger charge is -2.03. The number of nitrogens with one attached hydrogen (secondary N) is 1. The summed E-state index contributed by atoms with van der Waals surface area (Å²) in [4.78, 5) is 16.2. The summed E-state index contributed by atoms with van der Waals surface area (Å²) in [6, 6.07) is 17.0. The van der Waals surface area contributed by atoms with Crippen molar-refractivity contribution in [3.63, 3.8) is 0 Å². The summed E-state index contributed by atoms with van der Waals surface area (Å²) < 4.78 is 5.23. The summed E-state index contributed by atoms with van der Waals surface area (Å²) in [6.45, 7) is 2.36. The summed E-state index contributed by atoms with van der Waals surface area (Å²) >= 11 is 1.45. The van der Waals surface area contributed by atoms with Crippen LogP contribution in [0.1, 0.15) is 15.9 Å². The van der Waals surface area contributed by atoms with Crippen molar-refractivity contribution in [2.24, 2.45) is 0 Å². The first-order chi connectivity index (χ1) is 11.7. The lowest BCUT2D eigenvalue weighted by Crippen LogP contribution is -2.07. The molecule has 1 N–H and O–H groups in total. The van der Waals surface area contributed by atoms with E-state index in [-0.39, 0.29) is 5.97 Å². The fourth-order valence-corrected chi connectivity index (χ4v) is 2.69. The number of aryl methyl sites for hydroxylation is 1. The molecule has 0 unspecified atom stereocenters. The molecule has 1 aromatic heterocycles. The van der Waals surface area contributed by atoms with Gasteiger partial charge in [-0.3, -0.25) is 5.10 Å². The van der Waals surface area contributed by atoms with Gasteiger partial charge in [0.1, 0.15) is 6.61 Å². The number of nitrogens with zero attached hydrogens (tertiary/aromatic N) is 2. The minimum absolute atomic E-state index is 0.312. The molecule has 0 spiro atoms. The van der Waals surface area contributed by atoms with Crippen LogP contribution < -0.4 is 0 Å². The van der Waals surface area contributed by atoms with Gasteiger partial charge in [0.2, 0.25) is 5.16 Å². The fourth-order valence-electron chi connectivity index (χ4n) is 2.08. The Bertz CT molecular complexity index is 801. The Labute approximate surface area is 144 Å². The van der Waals surface area contributed by atoms with Gasteiger partial charge >= 0.3 is 5.97 Å². The molecule has 3 aromatic rings. The number of aromatic nitrogens is 3. The Hall–Kier alpha value is -2.60. The molecule has 0 aliphatic carbocycles. The Morgan fingerprint density at radius 1 is 1.12 bits per heavy atom. The zero-order valence-electron chi connectivity index (χ0n) is 13.2. The maximum absolute atomic E-state index is 11.8. The van der Waals surface area contributed by atoms with Crippen LogP contribution in [0.3, 0.4) is 0 Å². The lowest BCUT2D eigenvalue weighted by molar-refractivity contribution is 0.0530. The molecule has 0 fully saturated rings. The molecule has 2 aromatic carbocycles. The molecule has 0 saturated carbocycles. The summed E-state index contributed by atoms with van der Waals surface area (Å²) in [6.07, 6.45) is 0. The van der Waals surface area contributed by atoms with Crippen molar-refractivity contribution in [1.29, 1.82) is 0 Å². The van der Waals surface area contributed by atoms with Crippen LogP contribution in [0.25, 0.3) is 11.4 Å². The predicted octanol–water partition coefficient (Wildman–Crippen LogP) is 3.73. The third-order valence-corrected chi connectivity index (χ3v) is 4.16. The first-order valence-corrected chi connectivity index (χ1v) is 8.55. The van der Waals surface area contributed by atoms with Crippen LogP contribution in [-0.4, -0.2) is 33.5 Å². The van der Waals surface area contributed by atoms with Gasteiger partial charge < -0.3 is 4.74 Å².